The second-order valence-electron chi connectivity index (χ2n) is 5.51. The van der Waals surface area contributed by atoms with Crippen LogP contribution in [0, 0.1) is 0 Å². The molecule has 0 aliphatic carbocycles. The van der Waals surface area contributed by atoms with Crippen LogP contribution in [0.25, 0.3) is 11.3 Å². The number of carboxylic acids is 1. The molecular formula is C19H13Cl2NO4. The van der Waals surface area contributed by atoms with Crippen LogP contribution in [0.2, 0.25) is 10.0 Å². The molecule has 26 heavy (non-hydrogen) atoms. The third-order valence-corrected chi connectivity index (χ3v) is 4.07. The number of carbonyl (C=O) groups is 2. The van der Waals surface area contributed by atoms with Crippen molar-refractivity contribution in [2.75, 3.05) is 0 Å². The van der Waals surface area contributed by atoms with Crippen molar-refractivity contribution in [1.29, 1.82) is 0 Å². The van der Waals surface area contributed by atoms with E-state index < -0.39 is 5.97 Å². The van der Waals surface area contributed by atoms with Crippen molar-refractivity contribution < 1.29 is 19.1 Å². The maximum atomic E-state index is 12.2. The van der Waals surface area contributed by atoms with Gasteiger partial charge in [0.15, 0.2) is 5.76 Å². The van der Waals surface area contributed by atoms with Crippen LogP contribution in [0.5, 0.6) is 0 Å². The molecule has 1 amide bonds. The lowest BCUT2D eigenvalue weighted by atomic mass is 10.1. The predicted molar refractivity (Wildman–Crippen MR) is 98.7 cm³/mol. The van der Waals surface area contributed by atoms with E-state index in [0.29, 0.717) is 21.4 Å². The lowest BCUT2D eigenvalue weighted by Gasteiger charge is -2.04. The van der Waals surface area contributed by atoms with Crippen LogP contribution in [0.1, 0.15) is 26.5 Å². The number of benzene rings is 2. The quantitative estimate of drug-likeness (QED) is 0.651. The molecule has 0 radical (unpaired) electrons. The highest BCUT2D eigenvalue weighted by atomic mass is 35.5. The maximum absolute atomic E-state index is 12.2. The number of nitrogens with one attached hydrogen (secondary N) is 1. The van der Waals surface area contributed by atoms with Gasteiger partial charge in [-0.2, -0.15) is 0 Å². The van der Waals surface area contributed by atoms with Crippen molar-refractivity contribution in [3.05, 3.63) is 81.5 Å². The third-order valence-electron chi connectivity index (χ3n) is 3.63. The number of furan rings is 1. The highest BCUT2D eigenvalue weighted by molar-refractivity contribution is 6.35. The fourth-order valence-electron chi connectivity index (χ4n) is 2.35. The van der Waals surface area contributed by atoms with Crippen LogP contribution in [0.15, 0.2) is 59.0 Å². The maximum Gasteiger partial charge on any atom is 0.335 e. The van der Waals surface area contributed by atoms with Gasteiger partial charge in [0.1, 0.15) is 5.76 Å². The van der Waals surface area contributed by atoms with Crippen LogP contribution < -0.4 is 5.32 Å². The van der Waals surface area contributed by atoms with Crippen LogP contribution >= 0.6 is 23.2 Å². The van der Waals surface area contributed by atoms with Crippen molar-refractivity contribution in [2.45, 2.75) is 6.54 Å². The summed E-state index contributed by atoms with van der Waals surface area (Å²) in [4.78, 5) is 23.0. The van der Waals surface area contributed by atoms with E-state index in [4.69, 9.17) is 32.7 Å². The Morgan fingerprint density at radius 3 is 2.23 bits per heavy atom. The van der Waals surface area contributed by atoms with E-state index in [-0.39, 0.29) is 23.8 Å². The summed E-state index contributed by atoms with van der Waals surface area (Å²) in [5.41, 5.74) is 1.64. The van der Waals surface area contributed by atoms with Gasteiger partial charge in [-0.1, -0.05) is 35.3 Å². The second-order valence-corrected chi connectivity index (χ2v) is 6.38. The smallest absolute Gasteiger partial charge is 0.335 e. The third kappa shape index (κ3) is 4.25. The summed E-state index contributed by atoms with van der Waals surface area (Å²) in [5.74, 6) is -0.750. The van der Waals surface area contributed by atoms with Gasteiger partial charge in [-0.05, 0) is 48.0 Å². The minimum atomic E-state index is -0.996. The van der Waals surface area contributed by atoms with E-state index in [2.05, 4.69) is 5.32 Å². The van der Waals surface area contributed by atoms with E-state index in [1.807, 2.05) is 0 Å². The molecule has 3 aromatic rings. The van der Waals surface area contributed by atoms with Crippen LogP contribution in [0.3, 0.4) is 0 Å². The molecule has 2 N–H and O–H groups in total. The Bertz CT molecular complexity index is 944. The monoisotopic (exact) mass is 389 g/mol. The highest BCUT2D eigenvalue weighted by Crippen LogP contribution is 2.28. The molecule has 0 atom stereocenters. The first-order chi connectivity index (χ1) is 12.4. The topological polar surface area (TPSA) is 79.5 Å². The Morgan fingerprint density at radius 2 is 1.62 bits per heavy atom. The van der Waals surface area contributed by atoms with Crippen molar-refractivity contribution in [1.82, 2.24) is 5.32 Å². The fourth-order valence-corrected chi connectivity index (χ4v) is 2.87. The first kappa shape index (κ1) is 18.0. The van der Waals surface area contributed by atoms with Gasteiger partial charge in [0.25, 0.3) is 5.91 Å². The van der Waals surface area contributed by atoms with Gasteiger partial charge in [0, 0.05) is 22.2 Å². The molecule has 132 valence electrons. The Kier molecular flexibility index (Phi) is 5.30. The largest absolute Gasteiger partial charge is 0.478 e. The van der Waals surface area contributed by atoms with Gasteiger partial charge < -0.3 is 14.8 Å². The number of hydrogen-bond donors (Lipinski definition) is 2. The van der Waals surface area contributed by atoms with Gasteiger partial charge in [0.05, 0.1) is 5.56 Å². The Labute approximate surface area is 159 Å². The molecule has 1 heterocycles. The molecule has 0 aliphatic heterocycles. The standard InChI is InChI=1S/C19H13Cl2NO4/c20-14-7-13(8-15(21)9-14)16-5-6-17(26-16)18(23)22-10-11-1-3-12(4-2-11)19(24)25/h1-9H,10H2,(H,22,23)(H,24,25). The summed E-state index contributed by atoms with van der Waals surface area (Å²) in [5, 5.41) is 12.5. The van der Waals surface area contributed by atoms with Crippen LogP contribution in [-0.4, -0.2) is 17.0 Å². The molecule has 0 fully saturated rings. The van der Waals surface area contributed by atoms with Gasteiger partial charge in [-0.15, -0.1) is 0 Å². The first-order valence-electron chi connectivity index (χ1n) is 7.59. The van der Waals surface area contributed by atoms with Gasteiger partial charge in [-0.3, -0.25) is 4.79 Å². The van der Waals surface area contributed by atoms with E-state index in [1.165, 1.54) is 12.1 Å². The molecule has 0 saturated carbocycles. The summed E-state index contributed by atoms with van der Waals surface area (Å²) >= 11 is 12.0. The molecule has 0 aliphatic rings. The molecule has 1 aromatic heterocycles. The number of carbonyl (C=O) groups excluding carboxylic acids is 1. The number of hydrogen-bond acceptors (Lipinski definition) is 3. The zero-order chi connectivity index (χ0) is 18.7. The summed E-state index contributed by atoms with van der Waals surface area (Å²) in [6, 6.07) is 14.5. The SMILES string of the molecule is O=C(O)c1ccc(CNC(=O)c2ccc(-c3cc(Cl)cc(Cl)c3)o2)cc1. The molecular weight excluding hydrogens is 377 g/mol. The summed E-state index contributed by atoms with van der Waals surface area (Å²) in [6.07, 6.45) is 0. The average molecular weight is 390 g/mol. The number of halogens is 2. The van der Waals surface area contributed by atoms with Crippen LogP contribution in [-0.2, 0) is 6.54 Å². The lowest BCUT2D eigenvalue weighted by Crippen LogP contribution is -2.22. The first-order valence-corrected chi connectivity index (χ1v) is 8.35. The van der Waals surface area contributed by atoms with Crippen molar-refractivity contribution in [2.24, 2.45) is 0 Å². The van der Waals surface area contributed by atoms with Crippen molar-refractivity contribution in [3.8, 4) is 11.3 Å². The zero-order valence-corrected chi connectivity index (χ0v) is 14.8. The Morgan fingerprint density at radius 1 is 0.962 bits per heavy atom. The number of rotatable bonds is 5. The second kappa shape index (κ2) is 7.64. The minimum absolute atomic E-state index is 0.151. The van der Waals surface area contributed by atoms with E-state index in [0.717, 1.165) is 5.56 Å². The molecule has 0 bridgehead atoms. The van der Waals surface area contributed by atoms with E-state index >= 15 is 0 Å². The summed E-state index contributed by atoms with van der Waals surface area (Å²) in [7, 11) is 0. The molecule has 2 aromatic carbocycles. The van der Waals surface area contributed by atoms with Gasteiger partial charge >= 0.3 is 5.97 Å². The summed E-state index contributed by atoms with van der Waals surface area (Å²) < 4.78 is 5.57. The zero-order valence-electron chi connectivity index (χ0n) is 13.3. The van der Waals surface area contributed by atoms with Crippen molar-refractivity contribution >= 4 is 35.1 Å². The van der Waals surface area contributed by atoms with Gasteiger partial charge in [0.2, 0.25) is 0 Å². The predicted octanol–water partition coefficient (Wildman–Crippen LogP) is 4.88. The number of amides is 1. The van der Waals surface area contributed by atoms with Gasteiger partial charge in [-0.25, -0.2) is 4.79 Å². The Balaban J connectivity index is 1.67. The van der Waals surface area contributed by atoms with E-state index in [9.17, 15) is 9.59 Å². The van der Waals surface area contributed by atoms with Crippen LogP contribution in [0.4, 0.5) is 0 Å². The lowest BCUT2D eigenvalue weighted by molar-refractivity contribution is 0.0696. The molecule has 3 rings (SSSR count). The number of carboxylic acid groups (broad SMARTS) is 1. The normalized spacial score (nSPS) is 10.5. The molecule has 0 unspecified atom stereocenters. The molecule has 7 heteroatoms. The molecule has 0 spiro atoms. The van der Waals surface area contributed by atoms with Crippen molar-refractivity contribution in [3.63, 3.8) is 0 Å². The number of aromatic carboxylic acids is 1. The molecule has 5 nitrogen and oxygen atoms in total. The highest BCUT2D eigenvalue weighted by Gasteiger charge is 2.13. The molecule has 0 saturated heterocycles. The van der Waals surface area contributed by atoms with E-state index in [1.54, 1.807) is 42.5 Å². The fraction of sp³-hybridized carbons (Fsp3) is 0.0526. The average Bonchev–Trinajstić information content (AvgIpc) is 3.09. The summed E-state index contributed by atoms with van der Waals surface area (Å²) in [6.45, 7) is 0.248. The Hall–Kier alpha value is -2.76. The minimum Gasteiger partial charge on any atom is -0.478 e.